The monoisotopic (exact) mass is 635 g/mol. The number of nitrogens with zero attached hydrogens (tertiary/aromatic N) is 5. The van der Waals surface area contributed by atoms with E-state index >= 15 is 0 Å². The van der Waals surface area contributed by atoms with E-state index in [0.29, 0.717) is 31.0 Å². The number of amides is 2. The van der Waals surface area contributed by atoms with Crippen LogP contribution in [0.25, 0.3) is 17.1 Å². The van der Waals surface area contributed by atoms with E-state index in [1.807, 2.05) is 0 Å². The number of rotatable bonds is 8. The first-order valence-corrected chi connectivity index (χ1v) is 13.8. The molecule has 1 fully saturated rings. The van der Waals surface area contributed by atoms with Gasteiger partial charge in [-0.1, -0.05) is 11.6 Å². The molecule has 5 rings (SSSR count). The van der Waals surface area contributed by atoms with Gasteiger partial charge in [0.05, 0.1) is 39.9 Å². The molecule has 0 aliphatic heterocycles. The van der Waals surface area contributed by atoms with Gasteiger partial charge in [0.15, 0.2) is 17.3 Å². The highest BCUT2D eigenvalue weighted by molar-refractivity contribution is 6.34. The number of anilines is 2. The van der Waals surface area contributed by atoms with Crippen LogP contribution in [0.3, 0.4) is 0 Å². The summed E-state index contributed by atoms with van der Waals surface area (Å²) in [7, 11) is 1.40. The third-order valence-corrected chi connectivity index (χ3v) is 8.22. The lowest BCUT2D eigenvalue weighted by molar-refractivity contribution is -0.140. The van der Waals surface area contributed by atoms with Crippen LogP contribution in [0.15, 0.2) is 48.9 Å². The summed E-state index contributed by atoms with van der Waals surface area (Å²) in [5.41, 5.74) is 10.5. The molecule has 4 aromatic rings. The van der Waals surface area contributed by atoms with Crippen molar-refractivity contribution in [3.63, 3.8) is 0 Å². The Morgan fingerprint density at radius 1 is 1.14 bits per heavy atom. The molecule has 2 amide bonds. The molecule has 16 heteroatoms. The number of nitrogens with one attached hydrogen (secondary N) is 2. The molecule has 1 aliphatic rings. The van der Waals surface area contributed by atoms with Crippen molar-refractivity contribution in [3.05, 3.63) is 71.0 Å². The second-order valence-corrected chi connectivity index (χ2v) is 11.0. The second kappa shape index (κ2) is 11.5. The summed E-state index contributed by atoms with van der Waals surface area (Å²) in [6.07, 6.45) is 0.122. The average molecular weight is 636 g/mol. The van der Waals surface area contributed by atoms with E-state index in [1.54, 1.807) is 0 Å². The zero-order valence-electron chi connectivity index (χ0n) is 22.6. The van der Waals surface area contributed by atoms with Crippen molar-refractivity contribution in [2.75, 3.05) is 23.5 Å². The number of nitrogen functional groups attached to an aromatic ring is 1. The Balaban J connectivity index is 1.32. The Kier molecular flexibility index (Phi) is 8.11. The Morgan fingerprint density at radius 3 is 2.49 bits per heavy atom. The third kappa shape index (κ3) is 6.03. The van der Waals surface area contributed by atoms with Crippen molar-refractivity contribution in [2.24, 2.45) is 18.2 Å². The Bertz CT molecular complexity index is 1670. The fourth-order valence-electron chi connectivity index (χ4n) is 4.94. The lowest BCUT2D eigenvalue weighted by Crippen LogP contribution is -2.54. The van der Waals surface area contributed by atoms with Crippen molar-refractivity contribution >= 4 is 46.4 Å². The lowest BCUT2D eigenvalue weighted by atomic mass is 9.66. The number of aromatic nitrogens is 5. The zero-order valence-corrected chi connectivity index (χ0v) is 24.1. The van der Waals surface area contributed by atoms with Crippen LogP contribution in [-0.2, 0) is 13.2 Å². The molecule has 43 heavy (non-hydrogen) atoms. The maximum Gasteiger partial charge on any atom is 0.435 e. The number of carbonyl (C=O) groups is 2. The number of hydrogen-bond acceptors (Lipinski definition) is 7. The third-order valence-electron chi connectivity index (χ3n) is 7.34. The van der Waals surface area contributed by atoms with Gasteiger partial charge in [-0.25, -0.2) is 14.6 Å². The molecule has 3 heterocycles. The predicted octanol–water partition coefficient (Wildman–Crippen LogP) is 4.25. The van der Waals surface area contributed by atoms with Gasteiger partial charge in [-0.3, -0.25) is 9.59 Å². The zero-order chi connectivity index (χ0) is 31.1. The number of nitrogens with two attached hydrogens (primary N) is 2. The Morgan fingerprint density at radius 2 is 1.88 bits per heavy atom. The van der Waals surface area contributed by atoms with Gasteiger partial charge in [0.25, 0.3) is 11.8 Å². The molecule has 0 unspecified atom stereocenters. The van der Waals surface area contributed by atoms with E-state index in [4.69, 9.17) is 34.7 Å². The normalized spacial score (nSPS) is 18.3. The van der Waals surface area contributed by atoms with Crippen molar-refractivity contribution in [1.82, 2.24) is 29.6 Å². The van der Waals surface area contributed by atoms with Crippen LogP contribution in [0.2, 0.25) is 5.02 Å². The van der Waals surface area contributed by atoms with E-state index in [2.05, 4.69) is 25.7 Å². The second-order valence-electron chi connectivity index (χ2n) is 10.4. The topological polar surface area (TPSA) is 159 Å². The number of benzene rings is 1. The summed E-state index contributed by atoms with van der Waals surface area (Å²) < 4.78 is 44.0. The molecule has 6 N–H and O–H groups in total. The molecule has 1 aliphatic carbocycles. The molecular weight excluding hydrogens is 610 g/mol. The summed E-state index contributed by atoms with van der Waals surface area (Å²) in [6, 6.07) is 7.18. The molecule has 0 spiro atoms. The number of carbonyl (C=O) groups excluding carboxylic acids is 2. The van der Waals surface area contributed by atoms with Gasteiger partial charge in [0.1, 0.15) is 0 Å². The smallest absolute Gasteiger partial charge is 0.397 e. The van der Waals surface area contributed by atoms with Crippen LogP contribution >= 0.6 is 23.2 Å². The molecular formula is C27H26Cl2F3N9O2. The minimum absolute atomic E-state index is 0.00645. The number of pyridine rings is 1. The molecule has 0 radical (unpaired) electrons. The number of halogens is 5. The van der Waals surface area contributed by atoms with Crippen LogP contribution in [-0.4, -0.2) is 54.6 Å². The minimum Gasteiger partial charge on any atom is -0.397 e. The van der Waals surface area contributed by atoms with Gasteiger partial charge in [-0.05, 0) is 55.1 Å². The summed E-state index contributed by atoms with van der Waals surface area (Å²) >= 11 is 12.3. The Hall–Kier alpha value is -4.14. The summed E-state index contributed by atoms with van der Waals surface area (Å²) in [5, 5.41) is 9.29. The quantitative estimate of drug-likeness (QED) is 0.211. The van der Waals surface area contributed by atoms with Crippen molar-refractivity contribution in [2.45, 2.75) is 25.1 Å². The fraction of sp³-hybridized carbons (Fsp3) is 0.296. The summed E-state index contributed by atoms with van der Waals surface area (Å²) in [4.78, 5) is 33.9. The van der Waals surface area contributed by atoms with Gasteiger partial charge in [0.2, 0.25) is 0 Å². The summed E-state index contributed by atoms with van der Waals surface area (Å²) in [5.74, 6) is -0.732. The summed E-state index contributed by atoms with van der Waals surface area (Å²) in [6.45, 7) is 0.434. The standard InChI is InChI=1S/C27H26Cl2F3N9O2/c1-40-20(18-11-41(39-22(18)27(30,31)32)21-5-2-14(34)9-35-21)10-36-23(40)25(43)37-15-3-4-17(19(29)6-15)24(42)38-16-7-26(8-16,12-28)13-33/h2-6,9-11,16H,7-8,12-13,33-34H2,1H3,(H,37,43)(H,38,42). The highest BCUT2D eigenvalue weighted by Crippen LogP contribution is 2.41. The first kappa shape index (κ1) is 30.3. The van der Waals surface area contributed by atoms with Crippen molar-refractivity contribution in [1.29, 1.82) is 0 Å². The maximum atomic E-state index is 13.9. The SMILES string of the molecule is Cn1c(-c2cn(-c3ccc(N)cn3)nc2C(F)(F)F)cnc1C(=O)Nc1ccc(C(=O)NC2CC(CN)(CCl)C2)c(Cl)c1. The van der Waals surface area contributed by atoms with Crippen molar-refractivity contribution < 1.29 is 22.8 Å². The number of imidazole rings is 1. The average Bonchev–Trinajstić information content (AvgIpc) is 3.55. The van der Waals surface area contributed by atoms with Gasteiger partial charge in [0, 0.05) is 30.9 Å². The van der Waals surface area contributed by atoms with E-state index < -0.39 is 17.8 Å². The molecule has 0 atom stereocenters. The largest absolute Gasteiger partial charge is 0.435 e. The molecule has 1 saturated carbocycles. The highest BCUT2D eigenvalue weighted by Gasteiger charge is 2.43. The van der Waals surface area contributed by atoms with Gasteiger partial charge < -0.3 is 26.7 Å². The van der Waals surface area contributed by atoms with E-state index in [-0.39, 0.29) is 56.5 Å². The van der Waals surface area contributed by atoms with Crippen LogP contribution in [0.5, 0.6) is 0 Å². The lowest BCUT2D eigenvalue weighted by Gasteiger charge is -2.46. The molecule has 226 valence electrons. The first-order chi connectivity index (χ1) is 20.3. The maximum absolute atomic E-state index is 13.9. The van der Waals surface area contributed by atoms with Gasteiger partial charge >= 0.3 is 6.18 Å². The molecule has 1 aromatic carbocycles. The van der Waals surface area contributed by atoms with Gasteiger partial charge in [-0.2, -0.15) is 18.3 Å². The van der Waals surface area contributed by atoms with Crippen LogP contribution < -0.4 is 22.1 Å². The van der Waals surface area contributed by atoms with Crippen LogP contribution in [0, 0.1) is 5.41 Å². The van der Waals surface area contributed by atoms with Gasteiger partial charge in [-0.15, -0.1) is 11.6 Å². The van der Waals surface area contributed by atoms with E-state index in [1.165, 1.54) is 48.1 Å². The number of hydrogen-bond donors (Lipinski definition) is 4. The minimum atomic E-state index is -4.80. The fourth-order valence-corrected chi connectivity index (χ4v) is 5.53. The predicted molar refractivity (Wildman–Crippen MR) is 155 cm³/mol. The van der Waals surface area contributed by atoms with E-state index in [0.717, 1.165) is 17.1 Å². The van der Waals surface area contributed by atoms with Crippen molar-refractivity contribution in [3.8, 4) is 17.1 Å². The Labute approximate surface area is 253 Å². The highest BCUT2D eigenvalue weighted by atomic mass is 35.5. The molecule has 11 nitrogen and oxygen atoms in total. The molecule has 3 aromatic heterocycles. The van der Waals surface area contributed by atoms with Crippen LogP contribution in [0.4, 0.5) is 24.5 Å². The first-order valence-electron chi connectivity index (χ1n) is 12.9. The molecule has 0 saturated heterocycles. The van der Waals surface area contributed by atoms with Crippen LogP contribution in [0.1, 0.15) is 39.5 Å². The van der Waals surface area contributed by atoms with E-state index in [9.17, 15) is 22.8 Å². The number of alkyl halides is 4. The molecule has 0 bridgehead atoms.